The Bertz CT molecular complexity index is 525. The third-order valence-corrected chi connectivity index (χ3v) is 2.76. The van der Waals surface area contributed by atoms with Gasteiger partial charge in [-0.2, -0.15) is 0 Å². The number of halogens is 1. The Hall–Kier alpha value is -1.77. The molecule has 0 spiro atoms. The average Bonchev–Trinajstić information content (AvgIpc) is 2.35. The van der Waals surface area contributed by atoms with Crippen molar-refractivity contribution in [2.24, 2.45) is 0 Å². The molecule has 1 heterocycles. The molecule has 0 saturated heterocycles. The minimum absolute atomic E-state index is 0.270. The summed E-state index contributed by atoms with van der Waals surface area (Å²) in [5, 5.41) is 0.831. The molecule has 0 saturated carbocycles. The molecule has 1 aromatic carbocycles. The van der Waals surface area contributed by atoms with Gasteiger partial charge in [-0.25, -0.2) is 4.39 Å². The Labute approximate surface area is 99.5 Å². The van der Waals surface area contributed by atoms with E-state index in [1.165, 1.54) is 6.07 Å². The summed E-state index contributed by atoms with van der Waals surface area (Å²) in [6, 6.07) is 7.17. The number of nitrogens with zero attached hydrogens (tertiary/aromatic N) is 1. The number of aromatic nitrogens is 1. The summed E-state index contributed by atoms with van der Waals surface area (Å²) in [6.45, 7) is 0. The van der Waals surface area contributed by atoms with Crippen LogP contribution in [0.15, 0.2) is 30.5 Å². The van der Waals surface area contributed by atoms with Gasteiger partial charge >= 0.3 is 0 Å². The fourth-order valence-electron chi connectivity index (χ4n) is 1.91. The van der Waals surface area contributed by atoms with Crippen LogP contribution in [0.25, 0.3) is 10.9 Å². The zero-order valence-corrected chi connectivity index (χ0v) is 9.53. The van der Waals surface area contributed by atoms with E-state index in [2.05, 4.69) is 4.98 Å². The molecule has 0 aliphatic rings. The van der Waals surface area contributed by atoms with Gasteiger partial charge in [0.2, 0.25) is 0 Å². The second-order valence-corrected chi connectivity index (χ2v) is 4.07. The van der Waals surface area contributed by atoms with Crippen molar-refractivity contribution in [2.75, 3.05) is 0 Å². The molecule has 2 rings (SSSR count). The van der Waals surface area contributed by atoms with E-state index in [1.807, 2.05) is 12.1 Å². The molecule has 2 nitrogen and oxygen atoms in total. The number of aldehydes is 1. The normalized spacial score (nSPS) is 10.6. The summed E-state index contributed by atoms with van der Waals surface area (Å²) in [5.41, 5.74) is 1.39. The Kier molecular flexibility index (Phi) is 3.81. The highest BCUT2D eigenvalue weighted by Gasteiger charge is 2.04. The Morgan fingerprint density at radius 1 is 1.29 bits per heavy atom. The molecule has 0 unspecified atom stereocenters. The van der Waals surface area contributed by atoms with Gasteiger partial charge in [0.25, 0.3) is 0 Å². The maximum absolute atomic E-state index is 13.7. The molecule has 0 atom stereocenters. The van der Waals surface area contributed by atoms with Crippen molar-refractivity contribution < 1.29 is 9.18 Å². The number of carbonyl (C=O) groups is 1. The van der Waals surface area contributed by atoms with Crippen LogP contribution in [0, 0.1) is 5.82 Å². The standard InChI is InChI=1S/C14H14FNO/c15-13-10-11(5-2-1-3-8-17)9-12-6-4-7-16-14(12)13/h4,6-10H,1-3,5H2. The maximum Gasteiger partial charge on any atom is 0.149 e. The average molecular weight is 231 g/mol. The van der Waals surface area contributed by atoms with Crippen molar-refractivity contribution in [3.05, 3.63) is 41.8 Å². The number of aryl methyl sites for hydroxylation is 1. The van der Waals surface area contributed by atoms with Crippen LogP contribution in [-0.4, -0.2) is 11.3 Å². The van der Waals surface area contributed by atoms with Crippen LogP contribution in [0.3, 0.4) is 0 Å². The predicted octanol–water partition coefficient (Wildman–Crippen LogP) is 3.29. The van der Waals surface area contributed by atoms with Gasteiger partial charge < -0.3 is 4.79 Å². The quantitative estimate of drug-likeness (QED) is 0.584. The van der Waals surface area contributed by atoms with E-state index in [0.717, 1.165) is 36.5 Å². The first-order valence-electron chi connectivity index (χ1n) is 5.78. The van der Waals surface area contributed by atoms with Gasteiger partial charge in [-0.05, 0) is 43.0 Å². The van der Waals surface area contributed by atoms with Gasteiger partial charge in [0.15, 0.2) is 0 Å². The van der Waals surface area contributed by atoms with Gasteiger partial charge in [0.1, 0.15) is 17.6 Å². The van der Waals surface area contributed by atoms with E-state index in [-0.39, 0.29) is 5.82 Å². The Morgan fingerprint density at radius 3 is 3.00 bits per heavy atom. The third kappa shape index (κ3) is 2.87. The summed E-state index contributed by atoms with van der Waals surface area (Å²) in [4.78, 5) is 14.2. The van der Waals surface area contributed by atoms with Crippen molar-refractivity contribution >= 4 is 17.2 Å². The molecule has 17 heavy (non-hydrogen) atoms. The van der Waals surface area contributed by atoms with Gasteiger partial charge in [0, 0.05) is 18.0 Å². The minimum atomic E-state index is -0.270. The monoisotopic (exact) mass is 231 g/mol. The van der Waals surface area contributed by atoms with Crippen LogP contribution >= 0.6 is 0 Å². The lowest BCUT2D eigenvalue weighted by Crippen LogP contribution is -1.91. The van der Waals surface area contributed by atoms with Gasteiger partial charge in [-0.15, -0.1) is 0 Å². The second-order valence-electron chi connectivity index (χ2n) is 4.07. The molecular weight excluding hydrogens is 217 g/mol. The van der Waals surface area contributed by atoms with Crippen molar-refractivity contribution in [1.82, 2.24) is 4.98 Å². The molecule has 88 valence electrons. The summed E-state index contributed by atoms with van der Waals surface area (Å²) >= 11 is 0. The maximum atomic E-state index is 13.7. The number of carbonyl (C=O) groups excluding carboxylic acids is 1. The van der Waals surface area contributed by atoms with Crippen LogP contribution in [0.5, 0.6) is 0 Å². The van der Waals surface area contributed by atoms with E-state index in [0.29, 0.717) is 11.9 Å². The SMILES string of the molecule is O=CCCCCc1cc(F)c2ncccc2c1. The van der Waals surface area contributed by atoms with E-state index < -0.39 is 0 Å². The number of unbranched alkanes of at least 4 members (excludes halogenated alkanes) is 2. The lowest BCUT2D eigenvalue weighted by molar-refractivity contribution is -0.107. The first-order chi connectivity index (χ1) is 8.31. The molecule has 0 bridgehead atoms. The van der Waals surface area contributed by atoms with Crippen molar-refractivity contribution in [3.63, 3.8) is 0 Å². The van der Waals surface area contributed by atoms with Crippen molar-refractivity contribution in [1.29, 1.82) is 0 Å². The van der Waals surface area contributed by atoms with Crippen molar-refractivity contribution in [2.45, 2.75) is 25.7 Å². The molecule has 0 N–H and O–H groups in total. The highest BCUT2D eigenvalue weighted by atomic mass is 19.1. The van der Waals surface area contributed by atoms with E-state index in [1.54, 1.807) is 12.3 Å². The number of fused-ring (bicyclic) bond motifs is 1. The first-order valence-corrected chi connectivity index (χ1v) is 5.78. The van der Waals surface area contributed by atoms with E-state index in [4.69, 9.17) is 0 Å². The smallest absolute Gasteiger partial charge is 0.149 e. The number of hydrogen-bond donors (Lipinski definition) is 0. The zero-order chi connectivity index (χ0) is 12.1. The van der Waals surface area contributed by atoms with Gasteiger partial charge in [-0.1, -0.05) is 6.07 Å². The highest BCUT2D eigenvalue weighted by molar-refractivity contribution is 5.79. The fraction of sp³-hybridized carbons (Fsp3) is 0.286. The Morgan fingerprint density at radius 2 is 2.18 bits per heavy atom. The van der Waals surface area contributed by atoms with E-state index >= 15 is 0 Å². The largest absolute Gasteiger partial charge is 0.303 e. The molecule has 3 heteroatoms. The highest BCUT2D eigenvalue weighted by Crippen LogP contribution is 2.19. The topological polar surface area (TPSA) is 30.0 Å². The summed E-state index contributed by atoms with van der Waals surface area (Å²) in [6.07, 6.45) is 5.66. The Balaban J connectivity index is 2.16. The zero-order valence-electron chi connectivity index (χ0n) is 9.53. The van der Waals surface area contributed by atoms with Crippen LogP contribution in [0.2, 0.25) is 0 Å². The fourth-order valence-corrected chi connectivity index (χ4v) is 1.91. The van der Waals surface area contributed by atoms with Crippen LogP contribution in [0.1, 0.15) is 24.8 Å². The molecule has 2 aromatic rings. The molecule has 0 aliphatic carbocycles. The third-order valence-electron chi connectivity index (χ3n) is 2.76. The van der Waals surface area contributed by atoms with Gasteiger partial charge in [-0.3, -0.25) is 4.98 Å². The second kappa shape index (κ2) is 5.53. The number of benzene rings is 1. The van der Waals surface area contributed by atoms with Crippen LogP contribution in [0.4, 0.5) is 4.39 Å². The molecule has 0 aliphatic heterocycles. The van der Waals surface area contributed by atoms with Gasteiger partial charge in [0.05, 0.1) is 0 Å². The summed E-state index contributed by atoms with van der Waals surface area (Å²) < 4.78 is 13.7. The summed E-state index contributed by atoms with van der Waals surface area (Å²) in [7, 11) is 0. The minimum Gasteiger partial charge on any atom is -0.303 e. The predicted molar refractivity (Wildman–Crippen MR) is 65.3 cm³/mol. The lowest BCUT2D eigenvalue weighted by Gasteiger charge is -2.04. The molecule has 0 radical (unpaired) electrons. The summed E-state index contributed by atoms with van der Waals surface area (Å²) in [5.74, 6) is -0.270. The van der Waals surface area contributed by atoms with Crippen molar-refractivity contribution in [3.8, 4) is 0 Å². The number of hydrogen-bond acceptors (Lipinski definition) is 2. The number of pyridine rings is 1. The molecule has 0 amide bonds. The number of rotatable bonds is 5. The van der Waals surface area contributed by atoms with E-state index in [9.17, 15) is 9.18 Å². The molecular formula is C14H14FNO. The van der Waals surface area contributed by atoms with Crippen LogP contribution in [-0.2, 0) is 11.2 Å². The van der Waals surface area contributed by atoms with Crippen LogP contribution < -0.4 is 0 Å². The first kappa shape index (κ1) is 11.7. The lowest BCUT2D eigenvalue weighted by atomic mass is 10.0. The molecule has 1 aromatic heterocycles. The molecule has 0 fully saturated rings.